The van der Waals surface area contributed by atoms with Gasteiger partial charge in [-0.3, -0.25) is 4.79 Å². The minimum atomic E-state index is -0.0560. The summed E-state index contributed by atoms with van der Waals surface area (Å²) in [4.78, 5) is 18.1. The fourth-order valence-electron chi connectivity index (χ4n) is 2.31. The maximum Gasteiger partial charge on any atom is 0.252 e. The van der Waals surface area contributed by atoms with E-state index in [1.807, 2.05) is 25.1 Å². The molecular weight excluding hydrogens is 254 g/mol. The zero-order valence-electron chi connectivity index (χ0n) is 12.3. The fourth-order valence-corrected chi connectivity index (χ4v) is 2.31. The van der Waals surface area contributed by atoms with E-state index in [1.54, 1.807) is 12.3 Å². The molecule has 2 rings (SSSR count). The minimum Gasteiger partial charge on any atom is -0.381 e. The van der Waals surface area contributed by atoms with Crippen molar-refractivity contribution >= 4 is 11.7 Å². The van der Waals surface area contributed by atoms with Gasteiger partial charge in [0, 0.05) is 40.1 Å². The predicted molar refractivity (Wildman–Crippen MR) is 79.1 cm³/mol. The van der Waals surface area contributed by atoms with Gasteiger partial charge < -0.3 is 15.0 Å². The zero-order chi connectivity index (χ0) is 14.4. The highest BCUT2D eigenvalue weighted by molar-refractivity contribution is 5.94. The number of aromatic nitrogens is 1. The summed E-state index contributed by atoms with van der Waals surface area (Å²) in [5.74, 6) is 1.37. The number of carbonyl (C=O) groups is 1. The molecule has 1 aliphatic rings. The number of carbonyl (C=O) groups excluding carboxylic acids is 1. The molecule has 1 aromatic heterocycles. The summed E-state index contributed by atoms with van der Waals surface area (Å²) < 4.78 is 5.43. The number of anilines is 1. The fraction of sp³-hybridized carbons (Fsp3) is 0.600. The number of hydrogen-bond acceptors (Lipinski definition) is 4. The maximum absolute atomic E-state index is 12.0. The molecular formula is C15H23N3O2. The molecule has 110 valence electrons. The molecule has 0 bridgehead atoms. The van der Waals surface area contributed by atoms with Gasteiger partial charge in [-0.15, -0.1) is 0 Å². The van der Waals surface area contributed by atoms with Gasteiger partial charge in [-0.25, -0.2) is 4.98 Å². The molecule has 5 heteroatoms. The zero-order valence-corrected chi connectivity index (χ0v) is 12.3. The molecule has 1 unspecified atom stereocenters. The Morgan fingerprint density at radius 2 is 2.35 bits per heavy atom. The molecule has 2 heterocycles. The molecule has 1 aliphatic heterocycles. The van der Waals surface area contributed by atoms with Crippen LogP contribution in [0, 0.1) is 5.92 Å². The van der Waals surface area contributed by atoms with Crippen LogP contribution in [0.4, 0.5) is 5.82 Å². The molecule has 1 aromatic rings. The van der Waals surface area contributed by atoms with Crippen LogP contribution < -0.4 is 10.2 Å². The third-order valence-corrected chi connectivity index (χ3v) is 3.56. The minimum absolute atomic E-state index is 0.0560. The van der Waals surface area contributed by atoms with Gasteiger partial charge in [0.15, 0.2) is 0 Å². The molecule has 1 fully saturated rings. The standard InChI is InChI=1S/C15H23N3O2/c1-18(2)14-6-5-13(10-17-14)15(19)16-8-7-12-4-3-9-20-11-12/h5-6,10,12H,3-4,7-9,11H2,1-2H3,(H,16,19). The van der Waals surface area contributed by atoms with Crippen LogP contribution in [0.5, 0.6) is 0 Å². The summed E-state index contributed by atoms with van der Waals surface area (Å²) in [5, 5.41) is 2.95. The van der Waals surface area contributed by atoms with Crippen LogP contribution in [0.2, 0.25) is 0 Å². The van der Waals surface area contributed by atoms with Crippen LogP contribution in [0.25, 0.3) is 0 Å². The molecule has 0 saturated carbocycles. The van der Waals surface area contributed by atoms with Gasteiger partial charge >= 0.3 is 0 Å². The second-order valence-corrected chi connectivity index (χ2v) is 5.43. The van der Waals surface area contributed by atoms with Crippen LogP contribution in [0.15, 0.2) is 18.3 Å². The quantitative estimate of drug-likeness (QED) is 0.890. The first-order valence-electron chi connectivity index (χ1n) is 7.16. The Balaban J connectivity index is 1.76. The lowest BCUT2D eigenvalue weighted by Gasteiger charge is -2.21. The second kappa shape index (κ2) is 7.24. The van der Waals surface area contributed by atoms with Crippen molar-refractivity contribution in [3.05, 3.63) is 23.9 Å². The topological polar surface area (TPSA) is 54.5 Å². The molecule has 0 aliphatic carbocycles. The number of hydrogen-bond donors (Lipinski definition) is 1. The van der Waals surface area contributed by atoms with E-state index >= 15 is 0 Å². The first-order valence-corrected chi connectivity index (χ1v) is 7.16. The van der Waals surface area contributed by atoms with E-state index < -0.39 is 0 Å². The van der Waals surface area contributed by atoms with Gasteiger partial charge in [0.25, 0.3) is 5.91 Å². The summed E-state index contributed by atoms with van der Waals surface area (Å²) >= 11 is 0. The normalized spacial score (nSPS) is 18.6. The van der Waals surface area contributed by atoms with E-state index in [0.29, 0.717) is 18.0 Å². The Morgan fingerprint density at radius 1 is 1.50 bits per heavy atom. The highest BCUT2D eigenvalue weighted by Crippen LogP contribution is 2.16. The second-order valence-electron chi connectivity index (χ2n) is 5.43. The lowest BCUT2D eigenvalue weighted by atomic mass is 9.99. The summed E-state index contributed by atoms with van der Waals surface area (Å²) in [5.41, 5.74) is 0.607. The third kappa shape index (κ3) is 4.20. The SMILES string of the molecule is CN(C)c1ccc(C(=O)NCCC2CCCOC2)cn1. The molecule has 0 spiro atoms. The molecule has 1 atom stereocenters. The lowest BCUT2D eigenvalue weighted by Crippen LogP contribution is -2.28. The molecule has 1 amide bonds. The van der Waals surface area contributed by atoms with Gasteiger partial charge in [0.05, 0.1) is 5.56 Å². The average Bonchev–Trinajstić information content (AvgIpc) is 2.48. The van der Waals surface area contributed by atoms with Crippen molar-refractivity contribution in [2.24, 2.45) is 5.92 Å². The van der Waals surface area contributed by atoms with E-state index in [1.165, 1.54) is 6.42 Å². The molecule has 0 aromatic carbocycles. The molecule has 20 heavy (non-hydrogen) atoms. The third-order valence-electron chi connectivity index (χ3n) is 3.56. The predicted octanol–water partition coefficient (Wildman–Crippen LogP) is 1.69. The van der Waals surface area contributed by atoms with Crippen molar-refractivity contribution in [3.63, 3.8) is 0 Å². The van der Waals surface area contributed by atoms with E-state index in [4.69, 9.17) is 4.74 Å². The number of nitrogens with one attached hydrogen (secondary N) is 1. The van der Waals surface area contributed by atoms with E-state index in [9.17, 15) is 4.79 Å². The summed E-state index contributed by atoms with van der Waals surface area (Å²) in [6, 6.07) is 3.66. The van der Waals surface area contributed by atoms with Crippen LogP contribution in [0.3, 0.4) is 0 Å². The number of ether oxygens (including phenoxy) is 1. The van der Waals surface area contributed by atoms with Gasteiger partial charge in [-0.1, -0.05) is 0 Å². The van der Waals surface area contributed by atoms with Gasteiger partial charge in [-0.2, -0.15) is 0 Å². The van der Waals surface area contributed by atoms with Crippen LogP contribution >= 0.6 is 0 Å². The number of amides is 1. The molecule has 1 saturated heterocycles. The lowest BCUT2D eigenvalue weighted by molar-refractivity contribution is 0.0514. The number of pyridine rings is 1. The van der Waals surface area contributed by atoms with Crippen molar-refractivity contribution in [1.29, 1.82) is 0 Å². The van der Waals surface area contributed by atoms with E-state index in [2.05, 4.69) is 10.3 Å². The van der Waals surface area contributed by atoms with Gasteiger partial charge in [-0.05, 0) is 37.3 Å². The van der Waals surface area contributed by atoms with E-state index in [-0.39, 0.29) is 5.91 Å². The van der Waals surface area contributed by atoms with Gasteiger partial charge in [0.2, 0.25) is 0 Å². The maximum atomic E-state index is 12.0. The van der Waals surface area contributed by atoms with Crippen molar-refractivity contribution < 1.29 is 9.53 Å². The molecule has 1 N–H and O–H groups in total. The smallest absolute Gasteiger partial charge is 0.252 e. The van der Waals surface area contributed by atoms with Crippen LogP contribution in [-0.4, -0.2) is 44.7 Å². The largest absolute Gasteiger partial charge is 0.381 e. The monoisotopic (exact) mass is 277 g/mol. The Kier molecular flexibility index (Phi) is 5.35. The summed E-state index contributed by atoms with van der Waals surface area (Å²) in [6.45, 7) is 2.41. The highest BCUT2D eigenvalue weighted by atomic mass is 16.5. The van der Waals surface area contributed by atoms with Gasteiger partial charge in [0.1, 0.15) is 5.82 Å². The van der Waals surface area contributed by atoms with Crippen molar-refractivity contribution in [2.45, 2.75) is 19.3 Å². The first-order chi connectivity index (χ1) is 9.66. The Hall–Kier alpha value is -1.62. The number of nitrogens with zero attached hydrogens (tertiary/aromatic N) is 2. The Labute approximate surface area is 120 Å². The van der Waals surface area contributed by atoms with E-state index in [0.717, 1.165) is 31.9 Å². The molecule has 0 radical (unpaired) electrons. The van der Waals surface area contributed by atoms with Crippen LogP contribution in [-0.2, 0) is 4.74 Å². The Morgan fingerprint density at radius 3 is 2.95 bits per heavy atom. The van der Waals surface area contributed by atoms with Crippen molar-refractivity contribution in [2.75, 3.05) is 38.8 Å². The van der Waals surface area contributed by atoms with Crippen LogP contribution in [0.1, 0.15) is 29.6 Å². The van der Waals surface area contributed by atoms with Crippen molar-refractivity contribution in [3.8, 4) is 0 Å². The summed E-state index contributed by atoms with van der Waals surface area (Å²) in [6.07, 6.45) is 4.94. The van der Waals surface area contributed by atoms with Crippen molar-refractivity contribution in [1.82, 2.24) is 10.3 Å². The molecule has 5 nitrogen and oxygen atoms in total. The Bertz CT molecular complexity index is 425. The highest BCUT2D eigenvalue weighted by Gasteiger charge is 2.14. The summed E-state index contributed by atoms with van der Waals surface area (Å²) in [7, 11) is 3.85. The average molecular weight is 277 g/mol. The number of rotatable bonds is 5. The first kappa shape index (κ1) is 14.8.